The van der Waals surface area contributed by atoms with Crippen molar-refractivity contribution in [2.24, 2.45) is 0 Å². The largest absolute Gasteiger partial charge is 0.493 e. The molecule has 0 fully saturated rings. The van der Waals surface area contributed by atoms with Gasteiger partial charge in [0.05, 0.1) is 30.8 Å². The average Bonchev–Trinajstić information content (AvgIpc) is 2.81. The van der Waals surface area contributed by atoms with E-state index >= 15 is 0 Å². The summed E-state index contributed by atoms with van der Waals surface area (Å²) in [6.45, 7) is 3.93. The maximum atomic E-state index is 12.6. The van der Waals surface area contributed by atoms with Crippen molar-refractivity contribution >= 4 is 17.7 Å². The number of ether oxygens (including phenoxy) is 3. The Balaban J connectivity index is 2.08. The summed E-state index contributed by atoms with van der Waals surface area (Å²) in [5.41, 5.74) is 2.39. The Morgan fingerprint density at radius 3 is 2.59 bits per heavy atom. The van der Waals surface area contributed by atoms with Gasteiger partial charge >= 0.3 is 17.7 Å². The molecule has 1 aliphatic heterocycles. The molecule has 34 heavy (non-hydrogen) atoms. The van der Waals surface area contributed by atoms with Crippen LogP contribution in [0.15, 0.2) is 47.7 Å². The van der Waals surface area contributed by atoms with Gasteiger partial charge in [0, 0.05) is 11.8 Å². The first-order valence-corrected chi connectivity index (χ1v) is 10.7. The quantitative estimate of drug-likeness (QED) is 0.322. The zero-order valence-corrected chi connectivity index (χ0v) is 19.5. The van der Waals surface area contributed by atoms with Gasteiger partial charge in [0.1, 0.15) is 6.61 Å². The zero-order valence-electron chi connectivity index (χ0n) is 19.5. The Morgan fingerprint density at radius 1 is 1.21 bits per heavy atom. The summed E-state index contributed by atoms with van der Waals surface area (Å²) in [5.74, 6) is -0.594. The molecule has 2 aromatic carbocycles. The Kier molecular flexibility index (Phi) is 7.72. The summed E-state index contributed by atoms with van der Waals surface area (Å²) in [7, 11) is 2.60. The van der Waals surface area contributed by atoms with Crippen molar-refractivity contribution < 1.29 is 28.7 Å². The number of nitro benzene ring substituents is 1. The molecule has 3 rings (SSSR count). The molecule has 0 aliphatic carbocycles. The highest BCUT2D eigenvalue weighted by atomic mass is 16.6. The van der Waals surface area contributed by atoms with E-state index in [0.717, 1.165) is 11.1 Å². The second-order valence-corrected chi connectivity index (χ2v) is 7.77. The van der Waals surface area contributed by atoms with Crippen molar-refractivity contribution in [2.75, 3.05) is 14.2 Å². The predicted octanol–water partition coefficient (Wildman–Crippen LogP) is 4.07. The number of esters is 1. The number of methoxy groups -OCH3 is 2. The molecule has 2 aromatic rings. The number of hydrogen-bond acceptors (Lipinski definition) is 7. The number of amides is 2. The summed E-state index contributed by atoms with van der Waals surface area (Å²) in [5, 5.41) is 17.3. The maximum absolute atomic E-state index is 12.6. The third-order valence-corrected chi connectivity index (χ3v) is 5.33. The minimum atomic E-state index is -0.971. The lowest BCUT2D eigenvalue weighted by Gasteiger charge is -2.29. The van der Waals surface area contributed by atoms with Crippen molar-refractivity contribution in [3.8, 4) is 11.5 Å². The lowest BCUT2D eigenvalue weighted by Crippen LogP contribution is -2.45. The van der Waals surface area contributed by atoms with E-state index in [1.807, 2.05) is 38.1 Å². The van der Waals surface area contributed by atoms with E-state index in [0.29, 0.717) is 18.5 Å². The van der Waals surface area contributed by atoms with Crippen LogP contribution in [0.5, 0.6) is 11.5 Å². The van der Waals surface area contributed by atoms with Crippen LogP contribution >= 0.6 is 0 Å². The van der Waals surface area contributed by atoms with Crippen molar-refractivity contribution in [1.82, 2.24) is 10.6 Å². The summed E-state index contributed by atoms with van der Waals surface area (Å²) < 4.78 is 16.2. The molecule has 1 unspecified atom stereocenters. The van der Waals surface area contributed by atoms with E-state index in [2.05, 4.69) is 10.6 Å². The first kappa shape index (κ1) is 24.6. The molecule has 1 atom stereocenters. The Labute approximate surface area is 197 Å². The molecular weight excluding hydrogens is 442 g/mol. The van der Waals surface area contributed by atoms with Crippen LogP contribution < -0.4 is 20.1 Å². The Morgan fingerprint density at radius 2 is 1.97 bits per heavy atom. The third kappa shape index (κ3) is 5.28. The van der Waals surface area contributed by atoms with E-state index in [1.165, 1.54) is 26.4 Å². The molecule has 180 valence electrons. The number of benzene rings is 2. The summed E-state index contributed by atoms with van der Waals surface area (Å²) in [6, 6.07) is 8.87. The smallest absolute Gasteiger partial charge is 0.337 e. The number of carbonyl (C=O) groups is 2. The van der Waals surface area contributed by atoms with Gasteiger partial charge in [-0.25, -0.2) is 9.59 Å². The molecule has 0 bridgehead atoms. The minimum Gasteiger partial charge on any atom is -0.493 e. The highest BCUT2D eigenvalue weighted by Crippen LogP contribution is 2.42. The Bertz CT molecular complexity index is 1140. The average molecular weight is 469 g/mol. The number of carbonyl (C=O) groups excluding carboxylic acids is 2. The number of nitrogens with zero attached hydrogens (tertiary/aromatic N) is 1. The lowest BCUT2D eigenvalue weighted by atomic mass is 9.93. The van der Waals surface area contributed by atoms with Gasteiger partial charge < -0.3 is 24.8 Å². The monoisotopic (exact) mass is 469 g/mol. The molecule has 1 heterocycles. The summed E-state index contributed by atoms with van der Waals surface area (Å²) >= 11 is 0. The molecule has 10 heteroatoms. The van der Waals surface area contributed by atoms with Crippen LogP contribution in [0.1, 0.15) is 42.5 Å². The van der Waals surface area contributed by atoms with E-state index in [4.69, 9.17) is 14.2 Å². The van der Waals surface area contributed by atoms with Crippen molar-refractivity contribution in [3.63, 3.8) is 0 Å². The molecule has 1 aliphatic rings. The molecule has 0 aromatic heterocycles. The normalized spacial score (nSPS) is 15.3. The molecule has 0 radical (unpaired) electrons. The molecule has 10 nitrogen and oxygen atoms in total. The van der Waals surface area contributed by atoms with E-state index < -0.39 is 23.0 Å². The number of nitrogens with one attached hydrogen (secondary N) is 2. The van der Waals surface area contributed by atoms with Crippen LogP contribution in [0.25, 0.3) is 0 Å². The highest BCUT2D eigenvalue weighted by molar-refractivity contribution is 5.95. The third-order valence-electron chi connectivity index (χ3n) is 5.33. The van der Waals surface area contributed by atoms with E-state index in [9.17, 15) is 19.7 Å². The minimum absolute atomic E-state index is 0.0459. The second-order valence-electron chi connectivity index (χ2n) is 7.77. The van der Waals surface area contributed by atoms with Crippen LogP contribution in [0.4, 0.5) is 10.5 Å². The van der Waals surface area contributed by atoms with Crippen molar-refractivity contribution in [3.05, 3.63) is 74.5 Å². The fraction of sp³-hybridized carbons (Fsp3) is 0.333. The summed E-state index contributed by atoms with van der Waals surface area (Å²) in [6.07, 6.45) is 1.09. The lowest BCUT2D eigenvalue weighted by molar-refractivity contribution is -0.386. The zero-order chi connectivity index (χ0) is 24.8. The van der Waals surface area contributed by atoms with Gasteiger partial charge in [-0.3, -0.25) is 10.1 Å². The maximum Gasteiger partial charge on any atom is 0.337 e. The van der Waals surface area contributed by atoms with Crippen LogP contribution in [-0.4, -0.2) is 31.1 Å². The first-order chi connectivity index (χ1) is 16.3. The van der Waals surface area contributed by atoms with Gasteiger partial charge in [-0.15, -0.1) is 0 Å². The SMILES string of the molecule is CCCC1=C(C(=O)OC)C(c2cc(OC)c(OCc3cccc(C)c3)c([N+](=O)[O-])c2)NC(=O)N1. The van der Waals surface area contributed by atoms with E-state index in [-0.39, 0.29) is 34.9 Å². The second kappa shape index (κ2) is 10.7. The molecule has 0 saturated carbocycles. The van der Waals surface area contributed by atoms with Gasteiger partial charge in [0.2, 0.25) is 5.75 Å². The standard InChI is InChI=1S/C24H27N3O7/c1-5-7-17-20(23(28)33-4)21(26-24(29)25-17)16-11-18(27(30)31)22(19(12-16)32-3)34-13-15-9-6-8-14(2)10-15/h6,8-12,21H,5,7,13H2,1-4H3,(H2,25,26,29). The van der Waals surface area contributed by atoms with Gasteiger partial charge in [-0.1, -0.05) is 43.2 Å². The number of rotatable bonds is 9. The number of urea groups is 1. The van der Waals surface area contributed by atoms with Gasteiger partial charge in [-0.05, 0) is 30.5 Å². The first-order valence-electron chi connectivity index (χ1n) is 10.7. The molecular formula is C24H27N3O7. The van der Waals surface area contributed by atoms with Crippen LogP contribution in [0.3, 0.4) is 0 Å². The highest BCUT2D eigenvalue weighted by Gasteiger charge is 2.35. The molecule has 2 amide bonds. The predicted molar refractivity (Wildman–Crippen MR) is 124 cm³/mol. The van der Waals surface area contributed by atoms with Crippen LogP contribution in [0, 0.1) is 17.0 Å². The van der Waals surface area contributed by atoms with Crippen LogP contribution in [-0.2, 0) is 16.1 Å². The summed E-state index contributed by atoms with van der Waals surface area (Å²) in [4.78, 5) is 36.3. The fourth-order valence-corrected chi connectivity index (χ4v) is 3.83. The van der Waals surface area contributed by atoms with Crippen LogP contribution in [0.2, 0.25) is 0 Å². The number of nitro groups is 1. The number of allylic oxidation sites excluding steroid dienone is 1. The topological polar surface area (TPSA) is 129 Å². The van der Waals surface area contributed by atoms with Crippen molar-refractivity contribution in [2.45, 2.75) is 39.3 Å². The fourth-order valence-electron chi connectivity index (χ4n) is 3.83. The van der Waals surface area contributed by atoms with E-state index in [1.54, 1.807) is 0 Å². The van der Waals surface area contributed by atoms with Gasteiger partial charge in [0.15, 0.2) is 5.75 Å². The number of aryl methyl sites for hydroxylation is 1. The molecule has 0 saturated heterocycles. The van der Waals surface area contributed by atoms with Gasteiger partial charge in [0.25, 0.3) is 0 Å². The number of hydrogen-bond donors (Lipinski definition) is 2. The Hall–Kier alpha value is -4.08. The van der Waals surface area contributed by atoms with Crippen molar-refractivity contribution in [1.29, 1.82) is 0 Å². The van der Waals surface area contributed by atoms with Gasteiger partial charge in [-0.2, -0.15) is 0 Å². The molecule has 0 spiro atoms. The molecule has 2 N–H and O–H groups in total.